The lowest BCUT2D eigenvalue weighted by molar-refractivity contribution is -0.274. The molecule has 4 aromatic carbocycles. The van der Waals surface area contributed by atoms with E-state index < -0.39 is 12.3 Å². The van der Waals surface area contributed by atoms with Crippen LogP contribution in [0.15, 0.2) is 84.0 Å². The lowest BCUT2D eigenvalue weighted by atomic mass is 10.0. The first-order valence-electron chi connectivity index (χ1n) is 13.4. The van der Waals surface area contributed by atoms with Gasteiger partial charge < -0.3 is 15.2 Å². The smallest absolute Gasteiger partial charge is 0.481 e. The molecule has 1 amide bonds. The van der Waals surface area contributed by atoms with E-state index in [0.29, 0.717) is 33.3 Å². The predicted octanol–water partition coefficient (Wildman–Crippen LogP) is 8.24. The molecule has 0 aliphatic rings. The van der Waals surface area contributed by atoms with Gasteiger partial charge in [-0.05, 0) is 84.3 Å². The highest BCUT2D eigenvalue weighted by atomic mass is 35.5. The van der Waals surface area contributed by atoms with E-state index >= 15 is 0 Å². The molecule has 230 valence electrons. The molecule has 0 unspecified atom stereocenters. The Balaban J connectivity index is 1.62. The molecule has 0 spiro atoms. The fraction of sp³-hybridized carbons (Fsp3) is 0.219. The van der Waals surface area contributed by atoms with Gasteiger partial charge in [-0.3, -0.25) is 14.6 Å². The summed E-state index contributed by atoms with van der Waals surface area (Å²) in [6.07, 6.45) is -4.96. The Bertz CT molecular complexity index is 1670. The SMILES string of the molecule is C/C(=N\N(Cc1ccc2cc(OC(F)(F)F)ccc2c1)[C@H](C)c1ccc(C(=O)NCCC(=O)O)cc1)c1cc(Cl)cc(Cl)c1. The highest BCUT2D eigenvalue weighted by Crippen LogP contribution is 2.29. The number of alkyl halides is 3. The maximum absolute atomic E-state index is 12.7. The van der Waals surface area contributed by atoms with Gasteiger partial charge in [0.25, 0.3) is 5.91 Å². The quantitative estimate of drug-likeness (QED) is 0.127. The van der Waals surface area contributed by atoms with Gasteiger partial charge in [-0.15, -0.1) is 13.2 Å². The summed E-state index contributed by atoms with van der Waals surface area (Å²) >= 11 is 12.4. The van der Waals surface area contributed by atoms with Crippen molar-refractivity contribution in [3.63, 3.8) is 0 Å². The molecule has 0 aliphatic heterocycles. The van der Waals surface area contributed by atoms with Crippen LogP contribution in [0, 0.1) is 0 Å². The maximum atomic E-state index is 12.7. The molecule has 4 rings (SSSR count). The van der Waals surface area contributed by atoms with Gasteiger partial charge >= 0.3 is 12.3 Å². The average Bonchev–Trinajstić information content (AvgIpc) is 2.95. The summed E-state index contributed by atoms with van der Waals surface area (Å²) in [6.45, 7) is 4.13. The molecule has 44 heavy (non-hydrogen) atoms. The number of aliphatic carboxylic acids is 1. The Labute approximate surface area is 261 Å². The fourth-order valence-electron chi connectivity index (χ4n) is 4.50. The minimum atomic E-state index is -4.78. The zero-order valence-corrected chi connectivity index (χ0v) is 25.2. The molecule has 12 heteroatoms. The summed E-state index contributed by atoms with van der Waals surface area (Å²) in [7, 11) is 0. The third kappa shape index (κ3) is 9.11. The second-order valence-electron chi connectivity index (χ2n) is 10.0. The Hall–Kier alpha value is -4.28. The molecular weight excluding hydrogens is 618 g/mol. The number of carboxylic acid groups (broad SMARTS) is 1. The van der Waals surface area contributed by atoms with Crippen LogP contribution in [0.3, 0.4) is 0 Å². The van der Waals surface area contributed by atoms with Gasteiger partial charge in [0.15, 0.2) is 0 Å². The van der Waals surface area contributed by atoms with Gasteiger partial charge in [0.2, 0.25) is 0 Å². The van der Waals surface area contributed by atoms with Gasteiger partial charge in [-0.1, -0.05) is 53.5 Å². The van der Waals surface area contributed by atoms with Crippen molar-refractivity contribution >= 4 is 51.6 Å². The number of carbonyl (C=O) groups is 2. The number of carboxylic acids is 1. The van der Waals surface area contributed by atoms with Crippen molar-refractivity contribution < 1.29 is 32.6 Å². The number of benzene rings is 4. The first kappa shape index (κ1) is 32.6. The highest BCUT2D eigenvalue weighted by molar-refractivity contribution is 6.35. The predicted molar refractivity (Wildman–Crippen MR) is 164 cm³/mol. The van der Waals surface area contributed by atoms with Crippen molar-refractivity contribution in [3.05, 3.63) is 111 Å². The number of hydrogen-bond donors (Lipinski definition) is 2. The summed E-state index contributed by atoms with van der Waals surface area (Å²) in [4.78, 5) is 23.1. The normalized spacial score (nSPS) is 12.6. The van der Waals surface area contributed by atoms with Crippen LogP contribution in [0.1, 0.15) is 53.4 Å². The number of rotatable bonds is 11. The number of hydrogen-bond acceptors (Lipinski definition) is 5. The molecule has 2 N–H and O–H groups in total. The Morgan fingerprint density at radius 1 is 0.932 bits per heavy atom. The van der Waals surface area contributed by atoms with E-state index in [0.717, 1.165) is 22.1 Å². The van der Waals surface area contributed by atoms with E-state index in [2.05, 4.69) is 10.1 Å². The van der Waals surface area contributed by atoms with Crippen molar-refractivity contribution in [2.45, 2.75) is 39.2 Å². The summed E-state index contributed by atoms with van der Waals surface area (Å²) in [5.41, 5.74) is 3.45. The van der Waals surface area contributed by atoms with Crippen LogP contribution in [-0.2, 0) is 11.3 Å². The van der Waals surface area contributed by atoms with Crippen molar-refractivity contribution in [3.8, 4) is 5.75 Å². The first-order chi connectivity index (χ1) is 20.8. The molecular formula is C32H28Cl2F3N3O4. The molecule has 0 fully saturated rings. The lowest BCUT2D eigenvalue weighted by Gasteiger charge is -2.28. The van der Waals surface area contributed by atoms with Crippen LogP contribution >= 0.6 is 23.2 Å². The van der Waals surface area contributed by atoms with E-state index in [9.17, 15) is 22.8 Å². The molecule has 0 radical (unpaired) electrons. The molecule has 0 saturated carbocycles. The first-order valence-corrected chi connectivity index (χ1v) is 14.2. The molecule has 0 aromatic heterocycles. The van der Waals surface area contributed by atoms with Crippen LogP contribution in [0.2, 0.25) is 10.0 Å². The van der Waals surface area contributed by atoms with Gasteiger partial charge in [-0.25, -0.2) is 0 Å². The molecule has 1 atom stereocenters. The molecule has 0 aliphatic carbocycles. The van der Waals surface area contributed by atoms with Crippen LogP contribution in [-0.4, -0.2) is 40.6 Å². The average molecular weight is 646 g/mol. The fourth-order valence-corrected chi connectivity index (χ4v) is 5.02. The minimum Gasteiger partial charge on any atom is -0.481 e. The van der Waals surface area contributed by atoms with E-state index in [1.54, 1.807) is 54.6 Å². The highest BCUT2D eigenvalue weighted by Gasteiger charge is 2.31. The summed E-state index contributed by atoms with van der Waals surface area (Å²) < 4.78 is 42.1. The van der Waals surface area contributed by atoms with E-state index in [1.807, 2.05) is 31.0 Å². The van der Waals surface area contributed by atoms with Crippen LogP contribution in [0.5, 0.6) is 5.75 Å². The third-order valence-corrected chi connectivity index (χ3v) is 7.18. The van der Waals surface area contributed by atoms with Crippen molar-refractivity contribution in [2.24, 2.45) is 5.10 Å². The third-order valence-electron chi connectivity index (χ3n) is 6.74. The molecule has 0 bridgehead atoms. The summed E-state index contributed by atoms with van der Waals surface area (Å²) in [5, 5.41) is 20.4. The molecule has 4 aromatic rings. The van der Waals surface area contributed by atoms with Crippen molar-refractivity contribution in [1.29, 1.82) is 0 Å². The van der Waals surface area contributed by atoms with Gasteiger partial charge in [0, 0.05) is 27.7 Å². The number of hydrazone groups is 1. The van der Waals surface area contributed by atoms with Crippen LogP contribution < -0.4 is 10.1 Å². The number of fused-ring (bicyclic) bond motifs is 1. The topological polar surface area (TPSA) is 91.2 Å². The van der Waals surface area contributed by atoms with Crippen LogP contribution in [0.4, 0.5) is 13.2 Å². The zero-order valence-electron chi connectivity index (χ0n) is 23.7. The molecule has 0 saturated heterocycles. The van der Waals surface area contributed by atoms with E-state index in [4.69, 9.17) is 33.4 Å². The second kappa shape index (κ2) is 14.0. The summed E-state index contributed by atoms with van der Waals surface area (Å²) in [6, 6.07) is 21.3. The number of carbonyl (C=O) groups excluding carboxylic acids is 1. The van der Waals surface area contributed by atoms with Crippen molar-refractivity contribution in [1.82, 2.24) is 10.3 Å². The van der Waals surface area contributed by atoms with E-state index in [1.165, 1.54) is 12.1 Å². The van der Waals surface area contributed by atoms with Gasteiger partial charge in [0.05, 0.1) is 24.7 Å². The second-order valence-corrected chi connectivity index (χ2v) is 10.9. The van der Waals surface area contributed by atoms with Gasteiger partial charge in [0.1, 0.15) is 5.75 Å². The number of halogens is 5. The van der Waals surface area contributed by atoms with E-state index in [-0.39, 0.29) is 30.7 Å². The zero-order chi connectivity index (χ0) is 32.0. The monoisotopic (exact) mass is 645 g/mol. The maximum Gasteiger partial charge on any atom is 0.573 e. The standard InChI is InChI=1S/C32H28Cl2F3N3O4/c1-19(26-14-27(33)17-28(34)15-26)39-40(20(2)22-5-7-23(8-6-22)31(43)38-12-11-30(41)42)18-21-3-4-25-16-29(44-32(35,36)37)10-9-24(25)13-21/h3-10,13-17,20H,11-12,18H2,1-2H3,(H,38,43)(H,41,42)/b39-19+/t20-/m1/s1. The minimum absolute atomic E-state index is 0.0179. The lowest BCUT2D eigenvalue weighted by Crippen LogP contribution is -2.26. The largest absolute Gasteiger partial charge is 0.573 e. The number of nitrogens with one attached hydrogen (secondary N) is 1. The Morgan fingerprint density at radius 2 is 1.57 bits per heavy atom. The summed E-state index contributed by atoms with van der Waals surface area (Å²) in [5.74, 6) is -1.68. The molecule has 0 heterocycles. The number of ether oxygens (including phenoxy) is 1. The molecule has 7 nitrogen and oxygen atoms in total. The van der Waals surface area contributed by atoms with Gasteiger partial charge in [-0.2, -0.15) is 5.10 Å². The number of nitrogens with zero attached hydrogens (tertiary/aromatic N) is 2. The Kier molecular flexibility index (Phi) is 10.4. The van der Waals surface area contributed by atoms with Crippen molar-refractivity contribution in [2.75, 3.05) is 6.54 Å². The Morgan fingerprint density at radius 3 is 2.20 bits per heavy atom. The number of amides is 1. The van der Waals surface area contributed by atoms with Crippen LogP contribution in [0.25, 0.3) is 10.8 Å².